The summed E-state index contributed by atoms with van der Waals surface area (Å²) in [7, 11) is 0. The van der Waals surface area contributed by atoms with Gasteiger partial charge in [0.1, 0.15) is 17.0 Å². The zero-order valence-electron chi connectivity index (χ0n) is 14.9. The Hall–Kier alpha value is -3.95. The first-order valence-electron chi connectivity index (χ1n) is 8.69. The molecule has 3 heterocycles. The maximum atomic E-state index is 14.1. The summed E-state index contributed by atoms with van der Waals surface area (Å²) in [6.45, 7) is 0. The molecule has 0 aliphatic rings. The second-order valence-electron chi connectivity index (χ2n) is 6.74. The van der Waals surface area contributed by atoms with Crippen molar-refractivity contribution in [3.8, 4) is 11.1 Å². The molecule has 0 aliphatic heterocycles. The van der Waals surface area contributed by atoms with Gasteiger partial charge in [-0.1, -0.05) is 6.07 Å². The summed E-state index contributed by atoms with van der Waals surface area (Å²) in [5.41, 5.74) is 4.35. The van der Waals surface area contributed by atoms with Crippen LogP contribution < -0.4 is 11.3 Å². The molecular weight excluding hydrogens is 402 g/mol. The maximum absolute atomic E-state index is 14.1. The molecule has 0 bridgehead atoms. The Labute approximate surface area is 164 Å². The summed E-state index contributed by atoms with van der Waals surface area (Å²) in [5, 5.41) is 6.78. The van der Waals surface area contributed by atoms with Crippen molar-refractivity contribution < 1.29 is 17.6 Å². The van der Waals surface area contributed by atoms with Crippen LogP contribution in [0.15, 0.2) is 47.5 Å². The highest BCUT2D eigenvalue weighted by atomic mass is 19.4. The molecule has 0 fully saturated rings. The number of halogens is 4. The Morgan fingerprint density at radius 3 is 2.60 bits per heavy atom. The third-order valence-corrected chi connectivity index (χ3v) is 5.05. The lowest BCUT2D eigenvalue weighted by Gasteiger charge is -2.16. The lowest BCUT2D eigenvalue weighted by Crippen LogP contribution is -2.15. The average Bonchev–Trinajstić information content (AvgIpc) is 3.20. The Morgan fingerprint density at radius 1 is 1.03 bits per heavy atom. The van der Waals surface area contributed by atoms with Gasteiger partial charge in [-0.05, 0) is 29.8 Å². The second-order valence-corrected chi connectivity index (χ2v) is 6.74. The van der Waals surface area contributed by atoms with Crippen molar-refractivity contribution in [2.45, 2.75) is 6.18 Å². The van der Waals surface area contributed by atoms with E-state index in [-0.39, 0.29) is 49.5 Å². The first-order chi connectivity index (χ1) is 14.3. The molecule has 0 aliphatic carbocycles. The van der Waals surface area contributed by atoms with Gasteiger partial charge < -0.3 is 10.7 Å². The van der Waals surface area contributed by atoms with Crippen LogP contribution in [0.2, 0.25) is 0 Å². The minimum atomic E-state index is -4.70. The molecule has 0 spiro atoms. The number of aromatic nitrogens is 4. The lowest BCUT2D eigenvalue weighted by molar-refractivity contribution is -0.136. The summed E-state index contributed by atoms with van der Waals surface area (Å²) in [4.78, 5) is 19.0. The van der Waals surface area contributed by atoms with Gasteiger partial charge in [0.15, 0.2) is 0 Å². The van der Waals surface area contributed by atoms with Gasteiger partial charge in [-0.3, -0.25) is 14.9 Å². The third-order valence-electron chi connectivity index (χ3n) is 5.05. The van der Waals surface area contributed by atoms with E-state index in [2.05, 4.69) is 20.2 Å². The van der Waals surface area contributed by atoms with Crippen molar-refractivity contribution in [2.75, 3.05) is 5.73 Å². The number of anilines is 1. The van der Waals surface area contributed by atoms with Crippen LogP contribution in [0.25, 0.3) is 43.8 Å². The van der Waals surface area contributed by atoms with Gasteiger partial charge in [0.25, 0.3) is 5.56 Å². The van der Waals surface area contributed by atoms with Crippen LogP contribution in [0.5, 0.6) is 0 Å². The fourth-order valence-corrected chi connectivity index (χ4v) is 3.75. The van der Waals surface area contributed by atoms with Crippen LogP contribution in [0.3, 0.4) is 0 Å². The van der Waals surface area contributed by atoms with E-state index in [0.717, 1.165) is 12.1 Å². The largest absolute Gasteiger partial charge is 0.418 e. The average molecular weight is 413 g/mol. The van der Waals surface area contributed by atoms with Crippen LogP contribution >= 0.6 is 0 Å². The SMILES string of the molecule is Nc1c(-c2ccc(F)c3[nH]ncc23)c2cc(C(F)(F)F)c3ncccc3c2[nH]c1=O. The number of nitrogens with two attached hydrogens (primary N) is 1. The monoisotopic (exact) mass is 413 g/mol. The van der Waals surface area contributed by atoms with Crippen molar-refractivity contribution in [2.24, 2.45) is 0 Å². The minimum absolute atomic E-state index is 0.0545. The van der Waals surface area contributed by atoms with Gasteiger partial charge in [0.2, 0.25) is 0 Å². The highest BCUT2D eigenvalue weighted by Gasteiger charge is 2.35. The fraction of sp³-hybridized carbons (Fsp3) is 0.0500. The molecule has 0 amide bonds. The molecule has 0 radical (unpaired) electrons. The third kappa shape index (κ3) is 2.46. The Kier molecular flexibility index (Phi) is 3.63. The van der Waals surface area contributed by atoms with E-state index >= 15 is 0 Å². The van der Waals surface area contributed by atoms with E-state index in [1.165, 1.54) is 30.6 Å². The van der Waals surface area contributed by atoms with E-state index in [1.807, 2.05) is 0 Å². The molecule has 30 heavy (non-hydrogen) atoms. The van der Waals surface area contributed by atoms with E-state index in [1.54, 1.807) is 0 Å². The Morgan fingerprint density at radius 2 is 1.83 bits per heavy atom. The number of alkyl halides is 3. The number of nitrogens with zero attached hydrogens (tertiary/aromatic N) is 2. The van der Waals surface area contributed by atoms with Crippen LogP contribution in [0.4, 0.5) is 23.2 Å². The molecule has 5 aromatic rings. The van der Waals surface area contributed by atoms with Crippen molar-refractivity contribution in [3.05, 3.63) is 64.5 Å². The van der Waals surface area contributed by atoms with Crippen LogP contribution in [0.1, 0.15) is 5.56 Å². The summed E-state index contributed by atoms with van der Waals surface area (Å²) in [5.74, 6) is -0.593. The normalized spacial score (nSPS) is 12.3. The number of rotatable bonds is 1. The van der Waals surface area contributed by atoms with Gasteiger partial charge in [-0.25, -0.2) is 4.39 Å². The number of benzene rings is 2. The smallest absolute Gasteiger partial charge is 0.394 e. The summed E-state index contributed by atoms with van der Waals surface area (Å²) in [6, 6.07) is 6.31. The number of hydrogen-bond acceptors (Lipinski definition) is 4. The summed E-state index contributed by atoms with van der Waals surface area (Å²) < 4.78 is 55.5. The Balaban J connectivity index is 2.04. The predicted octanol–water partition coefficient (Wildman–Crippen LogP) is 4.36. The first kappa shape index (κ1) is 18.1. The second kappa shape index (κ2) is 6.02. The maximum Gasteiger partial charge on any atom is 0.418 e. The standard InChI is InChI=1S/C20H11F4N5O/c21-13-4-3-8(11-7-27-29-18(11)13)14-10-6-12(20(22,23)24)17-9(2-1-5-26-17)16(10)28-19(30)15(14)25/h1-7H,25H2,(H,27,29)(H,28,30). The molecule has 0 unspecified atom stereocenters. The summed E-state index contributed by atoms with van der Waals surface area (Å²) in [6.07, 6.45) is -2.13. The number of aromatic amines is 2. The minimum Gasteiger partial charge on any atom is -0.394 e. The van der Waals surface area contributed by atoms with Crippen LogP contribution in [-0.2, 0) is 6.18 Å². The van der Waals surface area contributed by atoms with Gasteiger partial charge in [0, 0.05) is 27.9 Å². The fourth-order valence-electron chi connectivity index (χ4n) is 3.75. The molecule has 0 saturated carbocycles. The van der Waals surface area contributed by atoms with Crippen molar-refractivity contribution in [1.82, 2.24) is 20.2 Å². The lowest BCUT2D eigenvalue weighted by atomic mass is 9.93. The predicted molar refractivity (Wildman–Crippen MR) is 104 cm³/mol. The number of fused-ring (bicyclic) bond motifs is 4. The van der Waals surface area contributed by atoms with Crippen molar-refractivity contribution in [3.63, 3.8) is 0 Å². The molecular formula is C20H11F4N5O. The van der Waals surface area contributed by atoms with E-state index in [0.29, 0.717) is 0 Å². The molecule has 10 heteroatoms. The zero-order valence-corrected chi connectivity index (χ0v) is 14.9. The molecule has 5 rings (SSSR count). The molecule has 150 valence electrons. The number of nitrogen functional groups attached to an aromatic ring is 1. The molecule has 0 saturated heterocycles. The van der Waals surface area contributed by atoms with Gasteiger partial charge in [0.05, 0.1) is 22.8 Å². The van der Waals surface area contributed by atoms with Crippen molar-refractivity contribution >= 4 is 38.4 Å². The first-order valence-corrected chi connectivity index (χ1v) is 8.69. The van der Waals surface area contributed by atoms with Gasteiger partial charge >= 0.3 is 6.18 Å². The number of nitrogens with one attached hydrogen (secondary N) is 2. The number of H-pyrrole nitrogens is 2. The number of pyridine rings is 2. The van der Waals surface area contributed by atoms with Gasteiger partial charge in [-0.2, -0.15) is 18.3 Å². The summed E-state index contributed by atoms with van der Waals surface area (Å²) >= 11 is 0. The van der Waals surface area contributed by atoms with Crippen molar-refractivity contribution in [1.29, 1.82) is 0 Å². The molecule has 2 aromatic carbocycles. The molecule has 4 N–H and O–H groups in total. The molecule has 3 aromatic heterocycles. The van der Waals surface area contributed by atoms with Crippen LogP contribution in [-0.4, -0.2) is 20.2 Å². The molecule has 0 atom stereocenters. The van der Waals surface area contributed by atoms with E-state index in [4.69, 9.17) is 5.73 Å². The van der Waals surface area contributed by atoms with E-state index in [9.17, 15) is 22.4 Å². The molecule has 6 nitrogen and oxygen atoms in total. The Bertz CT molecular complexity index is 1530. The topological polar surface area (TPSA) is 100 Å². The zero-order chi connectivity index (χ0) is 21.2. The van der Waals surface area contributed by atoms with E-state index < -0.39 is 23.1 Å². The van der Waals surface area contributed by atoms with Crippen LogP contribution in [0, 0.1) is 5.82 Å². The van der Waals surface area contributed by atoms with Gasteiger partial charge in [-0.15, -0.1) is 0 Å². The quantitative estimate of drug-likeness (QED) is 0.281. The number of hydrogen-bond donors (Lipinski definition) is 3. The highest BCUT2D eigenvalue weighted by Crippen LogP contribution is 2.42. The highest BCUT2D eigenvalue weighted by molar-refractivity contribution is 6.15.